The zero-order valence-electron chi connectivity index (χ0n) is 13.9. The Labute approximate surface area is 146 Å². The van der Waals surface area contributed by atoms with Crippen LogP contribution in [0, 0.1) is 0 Å². The molecule has 0 saturated carbocycles. The van der Waals surface area contributed by atoms with Crippen LogP contribution in [0.3, 0.4) is 0 Å². The lowest BCUT2D eigenvalue weighted by atomic mass is 10.1. The van der Waals surface area contributed by atoms with Gasteiger partial charge in [-0.15, -0.1) is 0 Å². The van der Waals surface area contributed by atoms with Gasteiger partial charge in [0.05, 0.1) is 12.2 Å². The van der Waals surface area contributed by atoms with Gasteiger partial charge in [0.2, 0.25) is 5.91 Å². The minimum Gasteiger partial charge on any atom is -0.354 e. The summed E-state index contributed by atoms with van der Waals surface area (Å²) in [4.78, 5) is 25.3. The highest BCUT2D eigenvalue weighted by atomic mass is 16.2. The maximum atomic E-state index is 11.9. The molecule has 132 valence electrons. The van der Waals surface area contributed by atoms with Crippen molar-refractivity contribution in [2.24, 2.45) is 0 Å². The van der Waals surface area contributed by atoms with Crippen molar-refractivity contribution in [2.75, 3.05) is 38.0 Å². The van der Waals surface area contributed by atoms with E-state index >= 15 is 0 Å². The lowest BCUT2D eigenvalue weighted by Crippen LogP contribution is -2.48. The Morgan fingerprint density at radius 2 is 2.08 bits per heavy atom. The molecule has 0 unspecified atom stereocenters. The number of benzene rings is 1. The van der Waals surface area contributed by atoms with Gasteiger partial charge in [-0.2, -0.15) is 5.10 Å². The number of anilines is 1. The van der Waals surface area contributed by atoms with Crippen molar-refractivity contribution in [2.45, 2.75) is 6.42 Å². The van der Waals surface area contributed by atoms with Gasteiger partial charge in [0.1, 0.15) is 0 Å². The molecule has 3 amide bonds. The number of hydrogen-bond acceptors (Lipinski definition) is 4. The minimum absolute atomic E-state index is 0.0653. The molecule has 0 radical (unpaired) electrons. The van der Waals surface area contributed by atoms with Crippen molar-refractivity contribution >= 4 is 17.6 Å². The summed E-state index contributed by atoms with van der Waals surface area (Å²) in [5.74, 6) is 0.0653. The number of aromatic amines is 1. The van der Waals surface area contributed by atoms with E-state index in [-0.39, 0.29) is 11.9 Å². The second kappa shape index (κ2) is 8.29. The Morgan fingerprint density at radius 1 is 1.24 bits per heavy atom. The van der Waals surface area contributed by atoms with Gasteiger partial charge in [-0.25, -0.2) is 4.79 Å². The number of H-pyrrole nitrogens is 1. The van der Waals surface area contributed by atoms with Crippen molar-refractivity contribution in [1.82, 2.24) is 25.7 Å². The van der Waals surface area contributed by atoms with E-state index in [9.17, 15) is 9.59 Å². The van der Waals surface area contributed by atoms with Crippen molar-refractivity contribution < 1.29 is 9.59 Å². The van der Waals surface area contributed by atoms with Crippen LogP contribution in [0.2, 0.25) is 0 Å². The molecule has 1 aromatic carbocycles. The first-order valence-electron chi connectivity index (χ1n) is 8.34. The summed E-state index contributed by atoms with van der Waals surface area (Å²) in [6.07, 6.45) is 2.50. The smallest absolute Gasteiger partial charge is 0.319 e. The molecular weight excluding hydrogens is 320 g/mol. The number of nitrogens with zero attached hydrogens (tertiary/aromatic N) is 2. The Morgan fingerprint density at radius 3 is 2.80 bits per heavy atom. The third kappa shape index (κ3) is 5.05. The molecule has 25 heavy (non-hydrogen) atoms. The predicted molar refractivity (Wildman–Crippen MR) is 95.1 cm³/mol. The summed E-state index contributed by atoms with van der Waals surface area (Å²) >= 11 is 0. The molecule has 0 atom stereocenters. The van der Waals surface area contributed by atoms with Crippen LogP contribution in [0.5, 0.6) is 0 Å². The van der Waals surface area contributed by atoms with E-state index < -0.39 is 0 Å². The number of piperazine rings is 1. The fraction of sp³-hybridized carbons (Fsp3) is 0.353. The molecule has 3 rings (SSSR count). The monoisotopic (exact) mass is 342 g/mol. The molecule has 8 nitrogen and oxygen atoms in total. The molecule has 4 N–H and O–H groups in total. The van der Waals surface area contributed by atoms with Gasteiger partial charge >= 0.3 is 6.03 Å². The van der Waals surface area contributed by atoms with E-state index in [4.69, 9.17) is 0 Å². The maximum Gasteiger partial charge on any atom is 0.319 e. The lowest BCUT2D eigenvalue weighted by molar-refractivity contribution is -0.124. The van der Waals surface area contributed by atoms with Crippen molar-refractivity contribution in [1.29, 1.82) is 0 Å². The average Bonchev–Trinajstić information content (AvgIpc) is 3.14. The molecule has 1 aliphatic rings. The summed E-state index contributed by atoms with van der Waals surface area (Å²) in [6, 6.07) is 9.20. The number of hydrogen-bond donors (Lipinski definition) is 4. The van der Waals surface area contributed by atoms with Gasteiger partial charge in [-0.1, -0.05) is 12.1 Å². The largest absolute Gasteiger partial charge is 0.354 e. The average molecular weight is 342 g/mol. The van der Waals surface area contributed by atoms with Crippen LogP contribution in [0.25, 0.3) is 11.3 Å². The predicted octanol–water partition coefficient (Wildman–Crippen LogP) is 1.02. The van der Waals surface area contributed by atoms with Gasteiger partial charge in [0.25, 0.3) is 0 Å². The highest BCUT2D eigenvalue weighted by molar-refractivity contribution is 5.89. The SMILES string of the molecule is O=C1CN(CCCNC(=O)Nc2ccc(-c3ccn[nH]3)cc2)CCN1. The first-order chi connectivity index (χ1) is 12.2. The quantitative estimate of drug-likeness (QED) is 0.589. The van der Waals surface area contributed by atoms with Crippen LogP contribution in [0.1, 0.15) is 6.42 Å². The van der Waals surface area contributed by atoms with Crippen molar-refractivity contribution in [3.63, 3.8) is 0 Å². The second-order valence-electron chi connectivity index (χ2n) is 5.91. The van der Waals surface area contributed by atoms with E-state index in [0.717, 1.165) is 36.5 Å². The van der Waals surface area contributed by atoms with E-state index in [2.05, 4.69) is 31.0 Å². The Kier molecular flexibility index (Phi) is 5.63. The number of urea groups is 1. The number of amides is 3. The van der Waals surface area contributed by atoms with Crippen molar-refractivity contribution in [3.8, 4) is 11.3 Å². The number of carbonyl (C=O) groups excluding carboxylic acids is 2. The van der Waals surface area contributed by atoms with Crippen molar-refractivity contribution in [3.05, 3.63) is 36.5 Å². The number of carbonyl (C=O) groups is 2. The molecule has 0 spiro atoms. The first-order valence-corrected chi connectivity index (χ1v) is 8.34. The summed E-state index contributed by atoms with van der Waals surface area (Å²) < 4.78 is 0. The highest BCUT2D eigenvalue weighted by Gasteiger charge is 2.15. The first kappa shape index (κ1) is 17.0. The summed E-state index contributed by atoms with van der Waals surface area (Å²) in [6.45, 7) is 3.36. The molecule has 1 saturated heterocycles. The van der Waals surface area contributed by atoms with Gasteiger partial charge in [-0.05, 0) is 30.2 Å². The Bertz CT molecular complexity index is 698. The molecule has 8 heteroatoms. The maximum absolute atomic E-state index is 11.9. The minimum atomic E-state index is -0.231. The molecule has 2 aromatic rings. The lowest BCUT2D eigenvalue weighted by Gasteiger charge is -2.26. The fourth-order valence-corrected chi connectivity index (χ4v) is 2.71. The molecule has 2 heterocycles. The van der Waals surface area contributed by atoms with Gasteiger partial charge in [0, 0.05) is 38.1 Å². The Hall–Kier alpha value is -2.87. The van der Waals surface area contributed by atoms with Gasteiger partial charge in [0.15, 0.2) is 0 Å². The summed E-state index contributed by atoms with van der Waals surface area (Å²) in [5.41, 5.74) is 2.67. The number of aromatic nitrogens is 2. The van der Waals surface area contributed by atoms with E-state index in [1.807, 2.05) is 30.3 Å². The molecular formula is C17H22N6O2. The molecule has 1 fully saturated rings. The number of nitrogens with one attached hydrogen (secondary N) is 4. The van der Waals surface area contributed by atoms with Crippen LogP contribution in [0.4, 0.5) is 10.5 Å². The van der Waals surface area contributed by atoms with Crippen LogP contribution in [-0.2, 0) is 4.79 Å². The second-order valence-corrected chi connectivity index (χ2v) is 5.91. The van der Waals surface area contributed by atoms with Crippen LogP contribution >= 0.6 is 0 Å². The topological polar surface area (TPSA) is 102 Å². The zero-order chi connectivity index (χ0) is 17.5. The zero-order valence-corrected chi connectivity index (χ0v) is 13.9. The highest BCUT2D eigenvalue weighted by Crippen LogP contribution is 2.18. The summed E-state index contributed by atoms with van der Waals surface area (Å²) in [5, 5.41) is 15.2. The van der Waals surface area contributed by atoms with Crippen LogP contribution in [-0.4, -0.2) is 59.8 Å². The molecule has 1 aromatic heterocycles. The van der Waals surface area contributed by atoms with Crippen LogP contribution < -0.4 is 16.0 Å². The van der Waals surface area contributed by atoms with E-state index in [0.29, 0.717) is 19.6 Å². The molecule has 0 aliphatic carbocycles. The number of rotatable bonds is 6. The summed E-state index contributed by atoms with van der Waals surface area (Å²) in [7, 11) is 0. The fourth-order valence-electron chi connectivity index (χ4n) is 2.71. The third-order valence-electron chi connectivity index (χ3n) is 4.01. The molecule has 0 bridgehead atoms. The Balaban J connectivity index is 1.37. The van der Waals surface area contributed by atoms with E-state index in [1.165, 1.54) is 0 Å². The molecule has 1 aliphatic heterocycles. The van der Waals surface area contributed by atoms with Gasteiger partial charge in [-0.3, -0.25) is 14.8 Å². The standard InChI is InChI=1S/C17H22N6O2/c24-16-12-23(11-9-18-16)10-1-7-19-17(25)21-14-4-2-13(3-5-14)15-6-8-20-22-15/h2-6,8H,1,7,9-12H2,(H,18,24)(H,20,22)(H2,19,21,25). The normalized spacial score (nSPS) is 14.8. The van der Waals surface area contributed by atoms with Crippen LogP contribution in [0.15, 0.2) is 36.5 Å². The third-order valence-corrected chi connectivity index (χ3v) is 4.01. The van der Waals surface area contributed by atoms with E-state index in [1.54, 1.807) is 6.20 Å². The van der Waals surface area contributed by atoms with Gasteiger partial charge < -0.3 is 16.0 Å².